The highest BCUT2D eigenvalue weighted by Gasteiger charge is 2.24. The van der Waals surface area contributed by atoms with Crippen LogP contribution < -0.4 is 5.73 Å². The van der Waals surface area contributed by atoms with Crippen LogP contribution in [0.1, 0.15) is 43.2 Å². The molecule has 1 unspecified atom stereocenters. The van der Waals surface area contributed by atoms with Gasteiger partial charge in [0.15, 0.2) is 0 Å². The first-order valence-corrected chi connectivity index (χ1v) is 7.87. The summed E-state index contributed by atoms with van der Waals surface area (Å²) in [6, 6.07) is 9.23. The first-order valence-electron chi connectivity index (χ1n) is 7.87. The molecule has 1 atom stereocenters. The third-order valence-corrected chi connectivity index (χ3v) is 4.93. The van der Waals surface area contributed by atoms with E-state index in [1.165, 1.54) is 56.2 Å². The first kappa shape index (κ1) is 13.1. The lowest BCUT2D eigenvalue weighted by molar-refractivity contribution is 0.194. The van der Waals surface area contributed by atoms with Crippen molar-refractivity contribution < 1.29 is 0 Å². The average molecular weight is 258 g/mol. The highest BCUT2D eigenvalue weighted by atomic mass is 15.1. The lowest BCUT2D eigenvalue weighted by Gasteiger charge is -2.34. The maximum atomic E-state index is 6.46. The summed E-state index contributed by atoms with van der Waals surface area (Å²) in [7, 11) is 0. The van der Waals surface area contributed by atoms with E-state index in [9.17, 15) is 0 Å². The molecule has 2 aliphatic rings. The highest BCUT2D eigenvalue weighted by molar-refractivity contribution is 5.29. The Kier molecular flexibility index (Phi) is 4.19. The summed E-state index contributed by atoms with van der Waals surface area (Å²) in [4.78, 5) is 2.56. The summed E-state index contributed by atoms with van der Waals surface area (Å²) in [5, 5.41) is 0. The number of rotatable bonds is 3. The minimum Gasteiger partial charge on any atom is -0.326 e. The van der Waals surface area contributed by atoms with Gasteiger partial charge in [-0.05, 0) is 36.3 Å². The van der Waals surface area contributed by atoms with Crippen molar-refractivity contribution in [3.05, 3.63) is 35.4 Å². The standard InChI is InChI=1S/C17H26N2/c18-17(15-7-2-1-3-8-15)13-19-11-10-14-6-4-5-9-16(14)12-19/h4-6,9,15,17H,1-3,7-8,10-13,18H2. The van der Waals surface area contributed by atoms with Crippen molar-refractivity contribution in [3.8, 4) is 0 Å². The van der Waals surface area contributed by atoms with Crippen molar-refractivity contribution >= 4 is 0 Å². The Hall–Kier alpha value is -0.860. The Labute approximate surface area is 117 Å². The predicted octanol–water partition coefficient (Wildman–Crippen LogP) is 2.95. The topological polar surface area (TPSA) is 29.3 Å². The molecule has 0 amide bonds. The van der Waals surface area contributed by atoms with Gasteiger partial charge < -0.3 is 5.73 Å². The molecule has 0 bridgehead atoms. The van der Waals surface area contributed by atoms with E-state index in [1.54, 1.807) is 0 Å². The van der Waals surface area contributed by atoms with Crippen LogP contribution in [0.2, 0.25) is 0 Å². The second kappa shape index (κ2) is 6.06. The van der Waals surface area contributed by atoms with Crippen LogP contribution in [0.5, 0.6) is 0 Å². The molecule has 2 N–H and O–H groups in total. The van der Waals surface area contributed by atoms with Gasteiger partial charge in [0.1, 0.15) is 0 Å². The number of hydrogen-bond donors (Lipinski definition) is 1. The van der Waals surface area contributed by atoms with E-state index in [4.69, 9.17) is 5.73 Å². The molecule has 3 rings (SSSR count). The van der Waals surface area contributed by atoms with Gasteiger partial charge in [0.05, 0.1) is 0 Å². The number of hydrogen-bond acceptors (Lipinski definition) is 2. The molecule has 1 fully saturated rings. The Morgan fingerprint density at radius 1 is 1.11 bits per heavy atom. The fraction of sp³-hybridized carbons (Fsp3) is 0.647. The molecule has 1 aromatic rings. The Balaban J connectivity index is 1.56. The van der Waals surface area contributed by atoms with E-state index < -0.39 is 0 Å². The van der Waals surface area contributed by atoms with E-state index in [0.717, 1.165) is 19.0 Å². The molecule has 1 heterocycles. The molecule has 1 aliphatic heterocycles. The van der Waals surface area contributed by atoms with E-state index in [1.807, 2.05) is 0 Å². The number of nitrogens with zero attached hydrogens (tertiary/aromatic N) is 1. The van der Waals surface area contributed by atoms with Gasteiger partial charge in [0, 0.05) is 25.7 Å². The largest absolute Gasteiger partial charge is 0.326 e. The third kappa shape index (κ3) is 3.18. The zero-order chi connectivity index (χ0) is 13.1. The maximum Gasteiger partial charge on any atom is 0.0237 e. The van der Waals surface area contributed by atoms with Crippen LogP contribution in [0.25, 0.3) is 0 Å². The molecular formula is C17H26N2. The summed E-state index contributed by atoms with van der Waals surface area (Å²) in [5.41, 5.74) is 9.49. The van der Waals surface area contributed by atoms with Gasteiger partial charge in [-0.3, -0.25) is 4.90 Å². The van der Waals surface area contributed by atoms with E-state index in [2.05, 4.69) is 29.2 Å². The van der Waals surface area contributed by atoms with Gasteiger partial charge in [-0.15, -0.1) is 0 Å². The van der Waals surface area contributed by atoms with Crippen molar-refractivity contribution in [1.29, 1.82) is 0 Å². The van der Waals surface area contributed by atoms with Gasteiger partial charge in [0.2, 0.25) is 0 Å². The van der Waals surface area contributed by atoms with E-state index >= 15 is 0 Å². The van der Waals surface area contributed by atoms with Crippen LogP contribution in [-0.2, 0) is 13.0 Å². The molecule has 1 saturated carbocycles. The average Bonchev–Trinajstić information content (AvgIpc) is 2.48. The molecule has 2 nitrogen and oxygen atoms in total. The molecule has 19 heavy (non-hydrogen) atoms. The summed E-state index contributed by atoms with van der Waals surface area (Å²) in [5.74, 6) is 0.769. The number of fused-ring (bicyclic) bond motifs is 1. The fourth-order valence-electron chi connectivity index (χ4n) is 3.72. The summed E-state index contributed by atoms with van der Waals surface area (Å²) >= 11 is 0. The van der Waals surface area contributed by atoms with Crippen LogP contribution in [0.15, 0.2) is 24.3 Å². The minimum absolute atomic E-state index is 0.380. The predicted molar refractivity (Wildman–Crippen MR) is 80.0 cm³/mol. The van der Waals surface area contributed by atoms with Crippen molar-refractivity contribution in [2.45, 2.75) is 51.1 Å². The molecule has 0 saturated heterocycles. The quantitative estimate of drug-likeness (QED) is 0.903. The highest BCUT2D eigenvalue weighted by Crippen LogP contribution is 2.27. The maximum absolute atomic E-state index is 6.46. The molecule has 0 radical (unpaired) electrons. The summed E-state index contributed by atoms with van der Waals surface area (Å²) < 4.78 is 0. The van der Waals surface area contributed by atoms with Crippen molar-refractivity contribution in [1.82, 2.24) is 4.90 Å². The number of nitrogens with two attached hydrogens (primary N) is 1. The normalized spacial score (nSPS) is 23.0. The van der Waals surface area contributed by atoms with Crippen molar-refractivity contribution in [2.75, 3.05) is 13.1 Å². The molecular weight excluding hydrogens is 232 g/mol. The molecule has 104 valence electrons. The SMILES string of the molecule is NC(CN1CCc2ccccc2C1)C1CCCCC1. The van der Waals surface area contributed by atoms with Gasteiger partial charge in [0.25, 0.3) is 0 Å². The summed E-state index contributed by atoms with van der Waals surface area (Å²) in [6.07, 6.45) is 8.09. The van der Waals surface area contributed by atoms with E-state index in [-0.39, 0.29) is 0 Å². The first-order chi connectivity index (χ1) is 9.33. The van der Waals surface area contributed by atoms with Gasteiger partial charge in [-0.2, -0.15) is 0 Å². The third-order valence-electron chi connectivity index (χ3n) is 4.93. The fourth-order valence-corrected chi connectivity index (χ4v) is 3.72. The lowest BCUT2D eigenvalue weighted by Crippen LogP contribution is -2.44. The van der Waals surface area contributed by atoms with Crippen LogP contribution in [0.3, 0.4) is 0 Å². The van der Waals surface area contributed by atoms with Crippen LogP contribution >= 0.6 is 0 Å². The summed E-state index contributed by atoms with van der Waals surface area (Å²) in [6.45, 7) is 3.35. The lowest BCUT2D eigenvalue weighted by atomic mass is 9.84. The van der Waals surface area contributed by atoms with Crippen molar-refractivity contribution in [3.63, 3.8) is 0 Å². The van der Waals surface area contributed by atoms with E-state index in [0.29, 0.717) is 6.04 Å². The zero-order valence-electron chi connectivity index (χ0n) is 11.9. The van der Waals surface area contributed by atoms with Gasteiger partial charge in [-0.25, -0.2) is 0 Å². The molecule has 0 aromatic heterocycles. The number of benzene rings is 1. The van der Waals surface area contributed by atoms with Crippen LogP contribution in [0, 0.1) is 5.92 Å². The zero-order valence-corrected chi connectivity index (χ0v) is 11.9. The van der Waals surface area contributed by atoms with Gasteiger partial charge in [-0.1, -0.05) is 43.5 Å². The van der Waals surface area contributed by atoms with Gasteiger partial charge >= 0.3 is 0 Å². The monoisotopic (exact) mass is 258 g/mol. The Morgan fingerprint density at radius 2 is 1.84 bits per heavy atom. The van der Waals surface area contributed by atoms with Crippen LogP contribution in [-0.4, -0.2) is 24.0 Å². The molecule has 1 aliphatic carbocycles. The molecule has 1 aromatic carbocycles. The second-order valence-corrected chi connectivity index (χ2v) is 6.32. The minimum atomic E-state index is 0.380. The Bertz CT molecular complexity index is 409. The Morgan fingerprint density at radius 3 is 2.63 bits per heavy atom. The van der Waals surface area contributed by atoms with Crippen molar-refractivity contribution in [2.24, 2.45) is 11.7 Å². The van der Waals surface area contributed by atoms with Crippen LogP contribution in [0.4, 0.5) is 0 Å². The molecule has 2 heteroatoms. The molecule has 0 spiro atoms. The smallest absolute Gasteiger partial charge is 0.0237 e. The second-order valence-electron chi connectivity index (χ2n) is 6.32.